The molecule has 0 aliphatic carbocycles. The molecule has 0 spiro atoms. The average molecular weight is 357 g/mol. The number of hydrogen-bond donors (Lipinski definition) is 3. The van der Waals surface area contributed by atoms with Crippen molar-refractivity contribution in [2.24, 2.45) is 5.73 Å². The molecule has 0 aromatic carbocycles. The molecule has 1 unspecified atom stereocenters. The normalized spacial score (nSPS) is 15.5. The quantitative estimate of drug-likeness (QED) is 0.402. The van der Waals surface area contributed by atoms with Crippen molar-refractivity contribution in [3.8, 4) is 0 Å². The van der Waals surface area contributed by atoms with Crippen molar-refractivity contribution in [1.29, 1.82) is 5.41 Å². The Morgan fingerprint density at radius 2 is 2.13 bits per heavy atom. The zero-order valence-electron chi connectivity index (χ0n) is 8.10. The molecule has 6 heteroatoms. The zero-order valence-corrected chi connectivity index (χ0v) is 12.0. The van der Waals surface area contributed by atoms with Crippen LogP contribution in [0.25, 0.3) is 0 Å². The van der Waals surface area contributed by atoms with Gasteiger partial charge in [0.1, 0.15) is 0 Å². The predicted octanol–water partition coefficient (Wildman–Crippen LogP) is 3.17. The molecule has 0 amide bonds. The molecular weight excluding hydrogens is 345 g/mol. The average Bonchev–Trinajstić information content (AvgIpc) is 2.12. The molecule has 0 fully saturated rings. The molecule has 0 aliphatic heterocycles. The van der Waals surface area contributed by atoms with Gasteiger partial charge in [0.15, 0.2) is 0 Å². The molecule has 0 heterocycles. The maximum atomic E-state index is 7.18. The molecule has 0 aliphatic rings. The standard InChI is InChI=1S/C9H12Br2ClN3/c1-6(7(12)3-2-4-13)15-9(11)5-8(10)14/h2-6,14-15H,13H2,1H3. The molecule has 0 saturated carbocycles. The monoisotopic (exact) mass is 355 g/mol. The second-order valence-corrected chi connectivity index (χ2v) is 4.79. The third-order valence-corrected chi connectivity index (χ3v) is 2.53. The minimum absolute atomic E-state index is 0.0552. The summed E-state index contributed by atoms with van der Waals surface area (Å²) in [7, 11) is 0. The Kier molecular flexibility index (Phi) is 7.82. The number of rotatable bonds is 5. The van der Waals surface area contributed by atoms with Crippen LogP contribution in [0.2, 0.25) is 0 Å². The number of hydrogen-bond acceptors (Lipinski definition) is 3. The van der Waals surface area contributed by atoms with Crippen LogP contribution in [0.15, 0.2) is 34.1 Å². The summed E-state index contributed by atoms with van der Waals surface area (Å²) in [5, 5.41) is 10.9. The fraction of sp³-hybridized carbons (Fsp3) is 0.222. The van der Waals surface area contributed by atoms with Crippen LogP contribution in [0.5, 0.6) is 0 Å². The Bertz CT molecular complexity index is 310. The Morgan fingerprint density at radius 1 is 1.53 bits per heavy atom. The summed E-state index contributed by atoms with van der Waals surface area (Å²) in [5.41, 5.74) is 5.18. The van der Waals surface area contributed by atoms with Crippen molar-refractivity contribution in [1.82, 2.24) is 5.32 Å². The fourth-order valence-electron chi connectivity index (χ4n) is 0.721. The summed E-state index contributed by atoms with van der Waals surface area (Å²) < 4.78 is 0.955. The van der Waals surface area contributed by atoms with Crippen molar-refractivity contribution in [2.45, 2.75) is 13.0 Å². The van der Waals surface area contributed by atoms with E-state index >= 15 is 0 Å². The number of nitrogens with two attached hydrogens (primary N) is 1. The van der Waals surface area contributed by atoms with Gasteiger partial charge in [-0.05, 0) is 57.1 Å². The van der Waals surface area contributed by atoms with Crippen LogP contribution in [0.3, 0.4) is 0 Å². The molecule has 3 nitrogen and oxygen atoms in total. The van der Waals surface area contributed by atoms with E-state index in [0.717, 1.165) is 0 Å². The summed E-state index contributed by atoms with van der Waals surface area (Å²) in [6.07, 6.45) is 6.36. The Labute approximate surface area is 111 Å². The van der Waals surface area contributed by atoms with Crippen molar-refractivity contribution in [2.75, 3.05) is 0 Å². The third-order valence-electron chi connectivity index (χ3n) is 1.39. The smallest absolute Gasteiger partial charge is 0.0992 e. The van der Waals surface area contributed by atoms with E-state index < -0.39 is 0 Å². The highest BCUT2D eigenvalue weighted by Crippen LogP contribution is 2.12. The molecule has 0 radical (unpaired) electrons. The summed E-state index contributed by atoms with van der Waals surface area (Å²) in [6.45, 7) is 1.90. The first-order valence-electron chi connectivity index (χ1n) is 4.09. The minimum atomic E-state index is -0.0552. The number of allylic oxidation sites excluding steroid dienone is 3. The number of nitrogens with one attached hydrogen (secondary N) is 2. The Morgan fingerprint density at radius 3 is 2.60 bits per heavy atom. The van der Waals surface area contributed by atoms with Gasteiger partial charge in [-0.15, -0.1) is 0 Å². The molecular formula is C9H12Br2ClN3. The van der Waals surface area contributed by atoms with E-state index in [4.69, 9.17) is 22.7 Å². The molecule has 84 valence electrons. The van der Waals surface area contributed by atoms with E-state index in [-0.39, 0.29) is 10.7 Å². The van der Waals surface area contributed by atoms with Crippen molar-refractivity contribution in [3.63, 3.8) is 0 Å². The number of halogens is 3. The van der Waals surface area contributed by atoms with E-state index in [1.807, 2.05) is 6.92 Å². The summed E-state index contributed by atoms with van der Waals surface area (Å²) >= 11 is 12.2. The van der Waals surface area contributed by atoms with Crippen LogP contribution in [-0.2, 0) is 0 Å². The maximum Gasteiger partial charge on any atom is 0.0992 e. The van der Waals surface area contributed by atoms with Gasteiger partial charge in [-0.1, -0.05) is 11.6 Å². The Balaban J connectivity index is 4.36. The van der Waals surface area contributed by atoms with Crippen LogP contribution >= 0.6 is 43.5 Å². The topological polar surface area (TPSA) is 61.9 Å². The van der Waals surface area contributed by atoms with E-state index in [1.165, 1.54) is 6.20 Å². The van der Waals surface area contributed by atoms with E-state index in [2.05, 4.69) is 37.2 Å². The SMILES string of the molecule is CC(NC(Br)=CC(=N)Br)C(Cl)=CC=CN. The summed E-state index contributed by atoms with van der Waals surface area (Å²) in [6, 6.07) is -0.0552. The van der Waals surface area contributed by atoms with Crippen LogP contribution in [-0.4, -0.2) is 10.7 Å². The van der Waals surface area contributed by atoms with Crippen molar-refractivity contribution in [3.05, 3.63) is 34.1 Å². The molecule has 0 bridgehead atoms. The van der Waals surface area contributed by atoms with E-state index in [1.54, 1.807) is 18.2 Å². The lowest BCUT2D eigenvalue weighted by molar-refractivity contribution is 0.751. The summed E-state index contributed by atoms with van der Waals surface area (Å²) in [4.78, 5) is 0. The lowest BCUT2D eigenvalue weighted by Gasteiger charge is -2.13. The lowest BCUT2D eigenvalue weighted by atomic mass is 10.3. The molecule has 0 aromatic rings. The van der Waals surface area contributed by atoms with Gasteiger partial charge in [-0.3, -0.25) is 5.41 Å². The molecule has 1 atom stereocenters. The molecule has 0 aromatic heterocycles. The highest BCUT2D eigenvalue weighted by atomic mass is 79.9. The van der Waals surface area contributed by atoms with E-state index in [0.29, 0.717) is 9.64 Å². The first-order valence-corrected chi connectivity index (χ1v) is 6.05. The second kappa shape index (κ2) is 7.96. The highest BCUT2D eigenvalue weighted by molar-refractivity contribution is 9.18. The van der Waals surface area contributed by atoms with Gasteiger partial charge in [0.05, 0.1) is 15.3 Å². The van der Waals surface area contributed by atoms with E-state index in [9.17, 15) is 0 Å². The first-order chi connectivity index (χ1) is 6.97. The predicted molar refractivity (Wildman–Crippen MR) is 73.5 cm³/mol. The zero-order chi connectivity index (χ0) is 11.8. The van der Waals surface area contributed by atoms with Crippen molar-refractivity contribution < 1.29 is 0 Å². The second-order valence-electron chi connectivity index (χ2n) is 2.64. The van der Waals surface area contributed by atoms with Gasteiger partial charge >= 0.3 is 0 Å². The van der Waals surface area contributed by atoms with Gasteiger partial charge in [0.2, 0.25) is 0 Å². The van der Waals surface area contributed by atoms with Crippen LogP contribution in [0, 0.1) is 5.41 Å². The van der Waals surface area contributed by atoms with Gasteiger partial charge in [0.25, 0.3) is 0 Å². The van der Waals surface area contributed by atoms with Gasteiger partial charge in [-0.25, -0.2) is 0 Å². The van der Waals surface area contributed by atoms with Crippen LogP contribution in [0.4, 0.5) is 0 Å². The van der Waals surface area contributed by atoms with Gasteiger partial charge < -0.3 is 11.1 Å². The largest absolute Gasteiger partial charge is 0.405 e. The highest BCUT2D eigenvalue weighted by Gasteiger charge is 2.05. The summed E-state index contributed by atoms with van der Waals surface area (Å²) in [5.74, 6) is 0. The van der Waals surface area contributed by atoms with Crippen molar-refractivity contribution >= 4 is 48.1 Å². The first kappa shape index (κ1) is 14.7. The van der Waals surface area contributed by atoms with Gasteiger partial charge in [0, 0.05) is 11.1 Å². The molecule has 0 rings (SSSR count). The maximum absolute atomic E-state index is 7.18. The molecule has 0 saturated heterocycles. The Hall–Kier alpha value is -0.260. The minimum Gasteiger partial charge on any atom is -0.405 e. The van der Waals surface area contributed by atoms with Crippen LogP contribution in [0.1, 0.15) is 6.92 Å². The fourth-order valence-corrected chi connectivity index (χ4v) is 1.96. The lowest BCUT2D eigenvalue weighted by Crippen LogP contribution is -2.23. The van der Waals surface area contributed by atoms with Gasteiger partial charge in [-0.2, -0.15) is 0 Å². The third kappa shape index (κ3) is 7.64. The molecule has 4 N–H and O–H groups in total. The molecule has 15 heavy (non-hydrogen) atoms. The van der Waals surface area contributed by atoms with Crippen LogP contribution < -0.4 is 11.1 Å².